The summed E-state index contributed by atoms with van der Waals surface area (Å²) in [5.41, 5.74) is 4.71. The summed E-state index contributed by atoms with van der Waals surface area (Å²) in [6, 6.07) is 13.8. The maximum atomic E-state index is 15.2. The van der Waals surface area contributed by atoms with Crippen molar-refractivity contribution in [1.29, 1.82) is 0 Å². The van der Waals surface area contributed by atoms with Crippen LogP contribution in [0.15, 0.2) is 54.9 Å². The second-order valence-electron chi connectivity index (χ2n) is 11.1. The number of anilines is 2. The highest BCUT2D eigenvalue weighted by molar-refractivity contribution is 5.95. The Morgan fingerprint density at radius 1 is 1.15 bits per heavy atom. The number of amides is 1. The first-order chi connectivity index (χ1) is 19.9. The van der Waals surface area contributed by atoms with E-state index < -0.39 is 5.82 Å². The summed E-state index contributed by atoms with van der Waals surface area (Å²) < 4.78 is 22.3. The molecule has 0 aliphatic carbocycles. The van der Waals surface area contributed by atoms with E-state index in [-0.39, 0.29) is 11.5 Å². The Bertz CT molecular complexity index is 1570. The number of rotatable bonds is 6. The molecule has 4 heterocycles. The van der Waals surface area contributed by atoms with E-state index in [1.807, 2.05) is 22.9 Å². The fourth-order valence-electron chi connectivity index (χ4n) is 5.54. The maximum Gasteiger partial charge on any atom is 0.256 e. The van der Waals surface area contributed by atoms with Crippen molar-refractivity contribution in [3.05, 3.63) is 77.4 Å². The van der Waals surface area contributed by atoms with Crippen molar-refractivity contribution in [3.8, 4) is 5.69 Å². The van der Waals surface area contributed by atoms with Crippen molar-refractivity contribution in [1.82, 2.24) is 29.7 Å². The Balaban J connectivity index is 1.23. The lowest BCUT2D eigenvalue weighted by atomic mass is 10.0. The van der Waals surface area contributed by atoms with E-state index in [9.17, 15) is 4.79 Å². The third-order valence-electron chi connectivity index (χ3n) is 8.06. The number of carbonyl (C=O) groups is 1. The summed E-state index contributed by atoms with van der Waals surface area (Å²) >= 11 is 0. The summed E-state index contributed by atoms with van der Waals surface area (Å²) in [7, 11) is 0. The highest BCUT2D eigenvalue weighted by Crippen LogP contribution is 2.25. The molecule has 2 aliphatic rings. The maximum absolute atomic E-state index is 15.2. The Morgan fingerprint density at radius 2 is 1.98 bits per heavy atom. The average Bonchev–Trinajstić information content (AvgIpc) is 3.40. The van der Waals surface area contributed by atoms with Gasteiger partial charge in [0.1, 0.15) is 11.5 Å². The van der Waals surface area contributed by atoms with Crippen LogP contribution >= 0.6 is 0 Å². The second-order valence-corrected chi connectivity index (χ2v) is 11.1. The number of morpholine rings is 1. The van der Waals surface area contributed by atoms with Gasteiger partial charge in [-0.3, -0.25) is 9.69 Å². The average molecular weight is 558 g/mol. The molecule has 2 atom stereocenters. The smallest absolute Gasteiger partial charge is 0.256 e. The van der Waals surface area contributed by atoms with Crippen LogP contribution in [-0.4, -0.2) is 81.7 Å². The van der Waals surface area contributed by atoms with Crippen LogP contribution in [0.1, 0.15) is 35.3 Å². The molecule has 1 amide bonds. The van der Waals surface area contributed by atoms with Gasteiger partial charge in [0.2, 0.25) is 5.95 Å². The van der Waals surface area contributed by atoms with Gasteiger partial charge in [0, 0.05) is 74.0 Å². The van der Waals surface area contributed by atoms with E-state index in [0.29, 0.717) is 55.7 Å². The first-order valence-electron chi connectivity index (χ1n) is 14.2. The van der Waals surface area contributed by atoms with Gasteiger partial charge in [0.15, 0.2) is 0 Å². The van der Waals surface area contributed by atoms with Crippen molar-refractivity contribution in [2.24, 2.45) is 0 Å². The SMILES string of the molecule is Cc1ccc(Nc2ncc3ccn(-c4ccc(C(=O)N5CCOCC5)c(F)c4)c3n2)cc1CN1C[C@H](C)NC[C@H]1C. The molecule has 0 spiro atoms. The van der Waals surface area contributed by atoms with Crippen molar-refractivity contribution < 1.29 is 13.9 Å². The zero-order chi connectivity index (χ0) is 28.5. The van der Waals surface area contributed by atoms with Gasteiger partial charge in [-0.25, -0.2) is 9.37 Å². The molecule has 2 N–H and O–H groups in total. The molecule has 0 radical (unpaired) electrons. The molecule has 2 saturated heterocycles. The summed E-state index contributed by atoms with van der Waals surface area (Å²) in [4.78, 5) is 26.2. The van der Waals surface area contributed by atoms with Crippen LogP contribution < -0.4 is 10.6 Å². The topological polar surface area (TPSA) is 87.5 Å². The first-order valence-corrected chi connectivity index (χ1v) is 14.2. The van der Waals surface area contributed by atoms with Gasteiger partial charge in [-0.2, -0.15) is 4.98 Å². The summed E-state index contributed by atoms with van der Waals surface area (Å²) in [5.74, 6) is -0.424. The third kappa shape index (κ3) is 5.81. The van der Waals surface area contributed by atoms with Crippen molar-refractivity contribution in [2.45, 2.75) is 39.4 Å². The molecule has 0 unspecified atom stereocenters. The Labute approximate surface area is 239 Å². The van der Waals surface area contributed by atoms with Crippen LogP contribution in [-0.2, 0) is 11.3 Å². The minimum atomic E-state index is -0.561. The van der Waals surface area contributed by atoms with Crippen LogP contribution in [0, 0.1) is 12.7 Å². The molecule has 4 aromatic rings. The Kier molecular flexibility index (Phi) is 7.70. The number of fused-ring (bicyclic) bond motifs is 1. The van der Waals surface area contributed by atoms with Gasteiger partial charge < -0.3 is 24.8 Å². The number of nitrogens with zero attached hydrogens (tertiary/aromatic N) is 5. The van der Waals surface area contributed by atoms with E-state index in [1.54, 1.807) is 23.2 Å². The molecule has 2 aliphatic heterocycles. The molecule has 41 heavy (non-hydrogen) atoms. The molecule has 10 heteroatoms. The second kappa shape index (κ2) is 11.6. The van der Waals surface area contributed by atoms with Crippen LogP contribution in [0.5, 0.6) is 0 Å². The number of ether oxygens (including phenoxy) is 1. The number of aryl methyl sites for hydroxylation is 1. The number of piperazine rings is 1. The number of halogens is 1. The molecule has 0 saturated carbocycles. The predicted molar refractivity (Wildman–Crippen MR) is 157 cm³/mol. The van der Waals surface area contributed by atoms with Crippen molar-refractivity contribution in [2.75, 3.05) is 44.7 Å². The third-order valence-corrected chi connectivity index (χ3v) is 8.06. The molecule has 0 bridgehead atoms. The first kappa shape index (κ1) is 27.3. The lowest BCUT2D eigenvalue weighted by molar-refractivity contribution is 0.0300. The zero-order valence-corrected chi connectivity index (χ0v) is 23.7. The Morgan fingerprint density at radius 3 is 2.78 bits per heavy atom. The molecule has 2 aromatic carbocycles. The number of nitrogens with one attached hydrogen (secondary N) is 2. The largest absolute Gasteiger partial charge is 0.378 e. The summed E-state index contributed by atoms with van der Waals surface area (Å²) in [6.07, 6.45) is 3.59. The van der Waals surface area contributed by atoms with Crippen molar-refractivity contribution >= 4 is 28.6 Å². The number of hydrogen-bond acceptors (Lipinski definition) is 7. The minimum absolute atomic E-state index is 0.0592. The standard InChI is InChI=1S/C31H36FN7O2/c1-20-4-5-25(14-24(20)19-38-18-21(2)33-16-22(38)3)35-31-34-17-23-8-9-39(29(23)36-31)26-6-7-27(28(32)15-26)30(40)37-10-12-41-13-11-37/h4-9,14-15,17,21-22,33H,10-13,16,18-19H2,1-3H3,(H,34,35,36)/t21-,22+/m0/s1. The normalized spacial score (nSPS) is 20.0. The Hall–Kier alpha value is -3.86. The van der Waals surface area contributed by atoms with E-state index in [0.717, 1.165) is 30.7 Å². The summed E-state index contributed by atoms with van der Waals surface area (Å²) in [6.45, 7) is 11.4. The number of aromatic nitrogens is 3. The molecule has 6 rings (SSSR count). The van der Waals surface area contributed by atoms with Gasteiger partial charge in [0.05, 0.1) is 18.8 Å². The van der Waals surface area contributed by atoms with Crippen LogP contribution in [0.3, 0.4) is 0 Å². The quantitative estimate of drug-likeness (QED) is 0.366. The molecule has 2 aromatic heterocycles. The van der Waals surface area contributed by atoms with Gasteiger partial charge >= 0.3 is 0 Å². The summed E-state index contributed by atoms with van der Waals surface area (Å²) in [5, 5.41) is 7.73. The van der Waals surface area contributed by atoms with Gasteiger partial charge in [0.25, 0.3) is 5.91 Å². The molecule has 214 valence electrons. The number of carbonyl (C=O) groups excluding carboxylic acids is 1. The van der Waals surface area contributed by atoms with Gasteiger partial charge in [-0.05, 0) is 68.3 Å². The van der Waals surface area contributed by atoms with E-state index >= 15 is 4.39 Å². The minimum Gasteiger partial charge on any atom is -0.378 e. The van der Waals surface area contributed by atoms with Gasteiger partial charge in [-0.1, -0.05) is 6.07 Å². The zero-order valence-electron chi connectivity index (χ0n) is 23.7. The lowest BCUT2D eigenvalue weighted by Crippen LogP contribution is -2.53. The highest BCUT2D eigenvalue weighted by atomic mass is 19.1. The fraction of sp³-hybridized carbons (Fsp3) is 0.387. The van der Waals surface area contributed by atoms with Crippen LogP contribution in [0.4, 0.5) is 16.0 Å². The molecular weight excluding hydrogens is 521 g/mol. The van der Waals surface area contributed by atoms with Crippen LogP contribution in [0.2, 0.25) is 0 Å². The monoisotopic (exact) mass is 557 g/mol. The number of benzene rings is 2. The van der Waals surface area contributed by atoms with E-state index in [2.05, 4.69) is 53.4 Å². The molecule has 2 fully saturated rings. The predicted octanol–water partition coefficient (Wildman–Crippen LogP) is 4.27. The fourth-order valence-corrected chi connectivity index (χ4v) is 5.54. The van der Waals surface area contributed by atoms with Gasteiger partial charge in [-0.15, -0.1) is 0 Å². The van der Waals surface area contributed by atoms with Crippen molar-refractivity contribution in [3.63, 3.8) is 0 Å². The van der Waals surface area contributed by atoms with Crippen LogP contribution in [0.25, 0.3) is 16.7 Å². The van der Waals surface area contributed by atoms with E-state index in [4.69, 9.17) is 9.72 Å². The highest BCUT2D eigenvalue weighted by Gasteiger charge is 2.24. The lowest BCUT2D eigenvalue weighted by Gasteiger charge is -2.37. The van der Waals surface area contributed by atoms with E-state index in [1.165, 1.54) is 17.2 Å². The molecular formula is C31H36FN7O2. The number of hydrogen-bond donors (Lipinski definition) is 2. The molecule has 9 nitrogen and oxygen atoms in total.